The van der Waals surface area contributed by atoms with Crippen molar-refractivity contribution in [2.45, 2.75) is 18.9 Å². The predicted octanol–water partition coefficient (Wildman–Crippen LogP) is 2.61. The minimum atomic E-state index is -0.699. The van der Waals surface area contributed by atoms with E-state index in [9.17, 15) is 18.7 Å². The monoisotopic (exact) mass is 424 g/mol. The summed E-state index contributed by atoms with van der Waals surface area (Å²) in [5.41, 5.74) is 0.806. The first-order valence-electron chi connectivity index (χ1n) is 9.83. The number of piperidine rings is 1. The first kappa shape index (κ1) is 19.3. The zero-order chi connectivity index (χ0) is 21.5. The molecule has 158 valence electrons. The van der Waals surface area contributed by atoms with E-state index in [0.29, 0.717) is 54.3 Å². The predicted molar refractivity (Wildman–Crippen MR) is 111 cm³/mol. The molecule has 31 heavy (non-hydrogen) atoms. The highest BCUT2D eigenvalue weighted by Crippen LogP contribution is 2.31. The van der Waals surface area contributed by atoms with Crippen LogP contribution in [0.25, 0.3) is 33.5 Å². The summed E-state index contributed by atoms with van der Waals surface area (Å²) in [6.07, 6.45) is 2.17. The van der Waals surface area contributed by atoms with Gasteiger partial charge in [0.2, 0.25) is 5.95 Å². The first-order valence-corrected chi connectivity index (χ1v) is 9.83. The summed E-state index contributed by atoms with van der Waals surface area (Å²) in [6, 6.07) is 6.55. The highest BCUT2D eigenvalue weighted by Gasteiger charge is 2.21. The Kier molecular flexibility index (Phi) is 4.70. The molecule has 0 radical (unpaired) electrons. The average Bonchev–Trinajstić information content (AvgIpc) is 3.17. The Labute approximate surface area is 174 Å². The molecule has 1 aliphatic heterocycles. The fourth-order valence-corrected chi connectivity index (χ4v) is 3.81. The molecule has 0 bridgehead atoms. The Bertz CT molecular complexity index is 1310. The van der Waals surface area contributed by atoms with Gasteiger partial charge in [-0.25, -0.2) is 18.7 Å². The van der Waals surface area contributed by atoms with Crippen LogP contribution in [0.4, 0.5) is 14.7 Å². The molecule has 3 aromatic heterocycles. The lowest BCUT2D eigenvalue weighted by molar-refractivity contribution is 0.145. The summed E-state index contributed by atoms with van der Waals surface area (Å²) in [6.45, 7) is 1.13. The normalized spacial score (nSPS) is 15.0. The van der Waals surface area contributed by atoms with Gasteiger partial charge in [-0.15, -0.1) is 0 Å². The number of fused-ring (bicyclic) bond motifs is 1. The second-order valence-corrected chi connectivity index (χ2v) is 7.46. The molecule has 0 saturated carbocycles. The second-order valence-electron chi connectivity index (χ2n) is 7.46. The van der Waals surface area contributed by atoms with Crippen molar-refractivity contribution in [2.75, 3.05) is 18.0 Å². The van der Waals surface area contributed by atoms with Gasteiger partial charge < -0.3 is 10.0 Å². The Balaban J connectivity index is 1.60. The number of aromatic amines is 2. The number of hydrogen-bond donors (Lipinski definition) is 3. The van der Waals surface area contributed by atoms with Crippen LogP contribution >= 0.6 is 0 Å². The number of anilines is 1. The standard InChI is InChI=1S/C21H18F2N6O2/c22-14-2-1-3-15(23)18(14)11-8-13-19(27-28-20(13)24-10-11)16-9-17(31)26-21(25-16)29-6-4-12(30)5-7-29/h1-3,8-10,12,30H,4-7H2,(H,24,27,28)(H,25,26,31). The van der Waals surface area contributed by atoms with E-state index in [2.05, 4.69) is 25.1 Å². The minimum absolute atomic E-state index is 0.185. The van der Waals surface area contributed by atoms with Crippen molar-refractivity contribution >= 4 is 17.0 Å². The van der Waals surface area contributed by atoms with Crippen molar-refractivity contribution in [1.82, 2.24) is 25.1 Å². The highest BCUT2D eigenvalue weighted by molar-refractivity contribution is 5.92. The topological polar surface area (TPSA) is 111 Å². The van der Waals surface area contributed by atoms with Gasteiger partial charge in [0.1, 0.15) is 11.6 Å². The van der Waals surface area contributed by atoms with Gasteiger partial charge in [-0.1, -0.05) is 6.07 Å². The Morgan fingerprint density at radius 1 is 1.13 bits per heavy atom. The maximum atomic E-state index is 14.3. The van der Waals surface area contributed by atoms with Gasteiger partial charge in [-0.05, 0) is 31.0 Å². The zero-order valence-electron chi connectivity index (χ0n) is 16.3. The highest BCUT2D eigenvalue weighted by atomic mass is 19.1. The summed E-state index contributed by atoms with van der Waals surface area (Å²) < 4.78 is 28.5. The van der Waals surface area contributed by atoms with E-state index in [4.69, 9.17) is 0 Å². The fraction of sp³-hybridized carbons (Fsp3) is 0.238. The maximum Gasteiger partial charge on any atom is 0.252 e. The van der Waals surface area contributed by atoms with Gasteiger partial charge in [-0.3, -0.25) is 14.9 Å². The summed E-state index contributed by atoms with van der Waals surface area (Å²) in [5.74, 6) is -1.01. The second kappa shape index (κ2) is 7.55. The summed E-state index contributed by atoms with van der Waals surface area (Å²) in [7, 11) is 0. The van der Waals surface area contributed by atoms with Crippen LogP contribution in [0.1, 0.15) is 12.8 Å². The molecule has 3 N–H and O–H groups in total. The number of pyridine rings is 1. The number of nitrogens with zero attached hydrogens (tertiary/aromatic N) is 4. The van der Waals surface area contributed by atoms with Gasteiger partial charge in [-0.2, -0.15) is 5.10 Å². The summed E-state index contributed by atoms with van der Waals surface area (Å²) in [5, 5.41) is 17.2. The molecule has 0 atom stereocenters. The Hall–Kier alpha value is -3.66. The summed E-state index contributed by atoms with van der Waals surface area (Å²) >= 11 is 0. The molecule has 0 amide bonds. The smallest absolute Gasteiger partial charge is 0.252 e. The largest absolute Gasteiger partial charge is 0.393 e. The molecular weight excluding hydrogens is 406 g/mol. The van der Waals surface area contributed by atoms with E-state index < -0.39 is 11.6 Å². The molecule has 0 spiro atoms. The van der Waals surface area contributed by atoms with E-state index in [0.717, 1.165) is 0 Å². The molecule has 1 aromatic carbocycles. The number of aliphatic hydroxyl groups excluding tert-OH is 1. The molecule has 1 fully saturated rings. The van der Waals surface area contributed by atoms with Gasteiger partial charge in [0.05, 0.1) is 23.1 Å². The van der Waals surface area contributed by atoms with Crippen LogP contribution in [0.15, 0.2) is 41.3 Å². The van der Waals surface area contributed by atoms with Gasteiger partial charge in [0.25, 0.3) is 5.56 Å². The molecular formula is C21H18F2N6O2. The van der Waals surface area contributed by atoms with Crippen LogP contribution in [0.3, 0.4) is 0 Å². The summed E-state index contributed by atoms with van der Waals surface area (Å²) in [4.78, 5) is 25.7. The first-order chi connectivity index (χ1) is 15.0. The third kappa shape index (κ3) is 3.55. The lowest BCUT2D eigenvalue weighted by Crippen LogP contribution is -2.37. The van der Waals surface area contributed by atoms with Crippen LogP contribution in [-0.2, 0) is 0 Å². The fourth-order valence-electron chi connectivity index (χ4n) is 3.81. The van der Waals surface area contributed by atoms with Gasteiger partial charge in [0.15, 0.2) is 5.65 Å². The quantitative estimate of drug-likeness (QED) is 0.466. The molecule has 4 aromatic rings. The number of aliphatic hydroxyl groups is 1. The van der Waals surface area contributed by atoms with Crippen LogP contribution < -0.4 is 10.5 Å². The van der Waals surface area contributed by atoms with Crippen LogP contribution in [0.2, 0.25) is 0 Å². The number of aromatic nitrogens is 5. The van der Waals surface area contributed by atoms with E-state index in [-0.39, 0.29) is 22.8 Å². The Morgan fingerprint density at radius 3 is 2.61 bits per heavy atom. The van der Waals surface area contributed by atoms with Crippen molar-refractivity contribution in [2.24, 2.45) is 0 Å². The van der Waals surface area contributed by atoms with Gasteiger partial charge >= 0.3 is 0 Å². The van der Waals surface area contributed by atoms with Crippen molar-refractivity contribution in [3.05, 3.63) is 58.5 Å². The molecule has 10 heteroatoms. The molecule has 5 rings (SSSR count). The van der Waals surface area contributed by atoms with E-state index in [1.807, 2.05) is 4.90 Å². The number of rotatable bonds is 3. The molecule has 0 unspecified atom stereocenters. The lowest BCUT2D eigenvalue weighted by atomic mass is 10.0. The third-order valence-electron chi connectivity index (χ3n) is 5.41. The molecule has 4 heterocycles. The van der Waals surface area contributed by atoms with Crippen LogP contribution in [0, 0.1) is 11.6 Å². The van der Waals surface area contributed by atoms with Crippen LogP contribution in [-0.4, -0.2) is 49.4 Å². The van der Waals surface area contributed by atoms with E-state index in [1.54, 1.807) is 6.07 Å². The molecule has 0 aliphatic carbocycles. The molecule has 1 saturated heterocycles. The van der Waals surface area contributed by atoms with E-state index in [1.165, 1.54) is 30.5 Å². The number of hydrogen-bond acceptors (Lipinski definition) is 6. The zero-order valence-corrected chi connectivity index (χ0v) is 16.3. The average molecular weight is 424 g/mol. The SMILES string of the molecule is O=c1cc(-c2[nH]nc3ncc(-c4c(F)cccc4F)cc23)nc(N2CCC(O)CC2)[nH]1. The number of benzene rings is 1. The van der Waals surface area contributed by atoms with Crippen LogP contribution in [0.5, 0.6) is 0 Å². The number of H-pyrrole nitrogens is 2. The maximum absolute atomic E-state index is 14.3. The molecule has 8 nitrogen and oxygen atoms in total. The van der Waals surface area contributed by atoms with Crippen molar-refractivity contribution in [1.29, 1.82) is 0 Å². The molecule has 1 aliphatic rings. The number of nitrogens with one attached hydrogen (secondary N) is 2. The third-order valence-corrected chi connectivity index (χ3v) is 5.41. The lowest BCUT2D eigenvalue weighted by Gasteiger charge is -2.29. The van der Waals surface area contributed by atoms with Crippen molar-refractivity contribution in [3.8, 4) is 22.5 Å². The number of halogens is 2. The van der Waals surface area contributed by atoms with E-state index >= 15 is 0 Å². The minimum Gasteiger partial charge on any atom is -0.393 e. The van der Waals surface area contributed by atoms with Gasteiger partial charge in [0, 0.05) is 36.3 Å². The Morgan fingerprint density at radius 2 is 1.87 bits per heavy atom. The van der Waals surface area contributed by atoms with Crippen molar-refractivity contribution < 1.29 is 13.9 Å². The van der Waals surface area contributed by atoms with Crippen molar-refractivity contribution in [3.63, 3.8) is 0 Å².